The first-order valence-electron chi connectivity index (χ1n) is 7.92. The van der Waals surface area contributed by atoms with Gasteiger partial charge in [0.2, 0.25) is 0 Å². The first-order valence-corrected chi connectivity index (χ1v) is 8.30. The summed E-state index contributed by atoms with van der Waals surface area (Å²) < 4.78 is 1.82. The van der Waals surface area contributed by atoms with Crippen molar-refractivity contribution in [1.29, 1.82) is 0 Å². The molecule has 1 saturated heterocycles. The van der Waals surface area contributed by atoms with Crippen LogP contribution in [0.25, 0.3) is 16.7 Å². The maximum absolute atomic E-state index is 6.10. The third kappa shape index (κ3) is 2.65. The van der Waals surface area contributed by atoms with Crippen LogP contribution in [-0.4, -0.2) is 32.8 Å². The quantitative estimate of drug-likeness (QED) is 0.720. The predicted molar refractivity (Wildman–Crippen MR) is 92.3 cm³/mol. The number of aromatic nitrogens is 4. The number of fused-ring (bicyclic) bond motifs is 1. The zero-order valence-electron chi connectivity index (χ0n) is 13.0. The van der Waals surface area contributed by atoms with Gasteiger partial charge in [0, 0.05) is 18.1 Å². The van der Waals surface area contributed by atoms with Gasteiger partial charge in [-0.3, -0.25) is 0 Å². The van der Waals surface area contributed by atoms with Gasteiger partial charge in [0.25, 0.3) is 0 Å². The molecule has 0 saturated carbocycles. The van der Waals surface area contributed by atoms with Gasteiger partial charge in [0.1, 0.15) is 12.1 Å². The molecule has 1 aromatic carbocycles. The van der Waals surface area contributed by atoms with Crippen molar-refractivity contribution in [3.8, 4) is 5.69 Å². The number of hydrogen-bond acceptors (Lipinski definition) is 4. The van der Waals surface area contributed by atoms with E-state index >= 15 is 0 Å². The van der Waals surface area contributed by atoms with Crippen molar-refractivity contribution >= 4 is 28.5 Å². The number of piperidine rings is 1. The zero-order chi connectivity index (χ0) is 15.8. The number of nitrogens with zero attached hydrogens (tertiary/aromatic N) is 5. The number of benzene rings is 1. The molecule has 23 heavy (non-hydrogen) atoms. The Labute approximate surface area is 139 Å². The molecule has 4 rings (SSSR count). The number of halogens is 1. The topological polar surface area (TPSA) is 46.8 Å². The van der Waals surface area contributed by atoms with Crippen molar-refractivity contribution in [1.82, 2.24) is 19.7 Å². The molecule has 0 bridgehead atoms. The predicted octanol–water partition coefficient (Wildman–Crippen LogP) is 3.71. The van der Waals surface area contributed by atoms with Gasteiger partial charge in [-0.2, -0.15) is 5.10 Å². The molecule has 0 aliphatic carbocycles. The van der Waals surface area contributed by atoms with Crippen LogP contribution in [0, 0.1) is 5.92 Å². The van der Waals surface area contributed by atoms with Crippen LogP contribution >= 0.6 is 11.6 Å². The summed E-state index contributed by atoms with van der Waals surface area (Å²) in [5.74, 6) is 1.77. The maximum Gasteiger partial charge on any atom is 0.168 e. The fourth-order valence-electron chi connectivity index (χ4n) is 3.10. The third-order valence-corrected chi connectivity index (χ3v) is 4.72. The van der Waals surface area contributed by atoms with Crippen molar-refractivity contribution in [2.75, 3.05) is 18.0 Å². The molecular formula is C17H18ClN5. The fraction of sp³-hybridized carbons (Fsp3) is 0.353. The second-order valence-corrected chi connectivity index (χ2v) is 6.58. The van der Waals surface area contributed by atoms with Gasteiger partial charge in [-0.05, 0) is 37.0 Å². The SMILES string of the molecule is CC1CCN(c2ncnc3c2cnn3-c2cccc(Cl)c2)CC1. The van der Waals surface area contributed by atoms with Gasteiger partial charge in [-0.15, -0.1) is 0 Å². The van der Waals surface area contributed by atoms with Crippen LogP contribution < -0.4 is 4.90 Å². The Morgan fingerprint density at radius 2 is 2.00 bits per heavy atom. The highest BCUT2D eigenvalue weighted by Crippen LogP contribution is 2.28. The summed E-state index contributed by atoms with van der Waals surface area (Å²) in [5, 5.41) is 6.18. The molecule has 1 aliphatic heterocycles. The van der Waals surface area contributed by atoms with Gasteiger partial charge in [0.15, 0.2) is 5.65 Å². The Kier molecular flexibility index (Phi) is 3.65. The standard InChI is InChI=1S/C17H18ClN5/c1-12-5-7-22(8-6-12)16-15-10-21-23(17(15)20-11-19-16)14-4-2-3-13(18)9-14/h2-4,9-12H,5-8H2,1H3. The second-order valence-electron chi connectivity index (χ2n) is 6.14. The lowest BCUT2D eigenvalue weighted by atomic mass is 9.99. The summed E-state index contributed by atoms with van der Waals surface area (Å²) in [5.41, 5.74) is 1.72. The molecule has 3 aromatic rings. The maximum atomic E-state index is 6.10. The first-order chi connectivity index (χ1) is 11.2. The van der Waals surface area contributed by atoms with E-state index < -0.39 is 0 Å². The lowest BCUT2D eigenvalue weighted by Crippen LogP contribution is -2.33. The smallest absolute Gasteiger partial charge is 0.168 e. The summed E-state index contributed by atoms with van der Waals surface area (Å²) in [7, 11) is 0. The fourth-order valence-corrected chi connectivity index (χ4v) is 3.29. The Balaban J connectivity index is 1.78. The van der Waals surface area contributed by atoms with Crippen molar-refractivity contribution < 1.29 is 0 Å². The van der Waals surface area contributed by atoms with Crippen LogP contribution in [0.5, 0.6) is 0 Å². The first kappa shape index (κ1) is 14.5. The summed E-state index contributed by atoms with van der Waals surface area (Å²) >= 11 is 6.10. The molecule has 0 amide bonds. The molecule has 118 valence electrons. The molecule has 1 fully saturated rings. The van der Waals surface area contributed by atoms with Crippen LogP contribution in [0.3, 0.4) is 0 Å². The van der Waals surface area contributed by atoms with Crippen LogP contribution in [0.4, 0.5) is 5.82 Å². The van der Waals surface area contributed by atoms with Crippen LogP contribution in [0.1, 0.15) is 19.8 Å². The summed E-state index contributed by atoms with van der Waals surface area (Å²) in [6.45, 7) is 4.38. The molecule has 0 spiro atoms. The molecule has 0 unspecified atom stereocenters. The van der Waals surface area contributed by atoms with Crippen molar-refractivity contribution in [2.24, 2.45) is 5.92 Å². The molecule has 5 nitrogen and oxygen atoms in total. The van der Waals surface area contributed by atoms with E-state index in [0.29, 0.717) is 5.02 Å². The largest absolute Gasteiger partial charge is 0.356 e. The number of rotatable bonds is 2. The second kappa shape index (κ2) is 5.81. The zero-order valence-corrected chi connectivity index (χ0v) is 13.7. The minimum absolute atomic E-state index is 0.686. The molecular weight excluding hydrogens is 310 g/mol. The van der Waals surface area contributed by atoms with Crippen molar-refractivity contribution in [2.45, 2.75) is 19.8 Å². The molecule has 1 aliphatic rings. The summed E-state index contributed by atoms with van der Waals surface area (Å²) in [4.78, 5) is 11.3. The summed E-state index contributed by atoms with van der Waals surface area (Å²) in [6.07, 6.45) is 5.88. The van der Waals surface area contributed by atoms with Crippen molar-refractivity contribution in [3.63, 3.8) is 0 Å². The van der Waals surface area contributed by atoms with Gasteiger partial charge >= 0.3 is 0 Å². The van der Waals surface area contributed by atoms with Gasteiger partial charge in [-0.1, -0.05) is 24.6 Å². The Morgan fingerprint density at radius 1 is 1.17 bits per heavy atom. The molecule has 0 radical (unpaired) electrons. The van der Waals surface area contributed by atoms with E-state index in [1.54, 1.807) is 6.33 Å². The monoisotopic (exact) mass is 327 g/mol. The van der Waals surface area contributed by atoms with Gasteiger partial charge < -0.3 is 4.90 Å². The Bertz CT molecular complexity index is 836. The van der Waals surface area contributed by atoms with Gasteiger partial charge in [0.05, 0.1) is 17.3 Å². The molecule has 0 N–H and O–H groups in total. The highest BCUT2D eigenvalue weighted by Gasteiger charge is 2.20. The average Bonchev–Trinajstić information content (AvgIpc) is 3.00. The number of hydrogen-bond donors (Lipinski definition) is 0. The minimum Gasteiger partial charge on any atom is -0.356 e. The summed E-state index contributed by atoms with van der Waals surface area (Å²) in [6, 6.07) is 7.63. The number of anilines is 1. The van der Waals surface area contributed by atoms with Crippen LogP contribution in [-0.2, 0) is 0 Å². The lowest BCUT2D eigenvalue weighted by Gasteiger charge is -2.31. The van der Waals surface area contributed by atoms with E-state index in [1.165, 1.54) is 12.8 Å². The molecule has 6 heteroatoms. The van der Waals surface area contributed by atoms with Crippen molar-refractivity contribution in [3.05, 3.63) is 41.8 Å². The van der Waals surface area contributed by atoms with Crippen LogP contribution in [0.15, 0.2) is 36.8 Å². The lowest BCUT2D eigenvalue weighted by molar-refractivity contribution is 0.437. The van der Waals surface area contributed by atoms with Gasteiger partial charge in [-0.25, -0.2) is 14.6 Å². The van der Waals surface area contributed by atoms with E-state index in [2.05, 4.69) is 26.9 Å². The highest BCUT2D eigenvalue weighted by atomic mass is 35.5. The molecule has 2 aromatic heterocycles. The van der Waals surface area contributed by atoms with Crippen LogP contribution in [0.2, 0.25) is 5.02 Å². The van der Waals surface area contributed by atoms with E-state index in [4.69, 9.17) is 11.6 Å². The highest BCUT2D eigenvalue weighted by molar-refractivity contribution is 6.30. The van der Waals surface area contributed by atoms with E-state index in [9.17, 15) is 0 Å². The van der Waals surface area contributed by atoms with E-state index in [1.807, 2.05) is 35.1 Å². The Morgan fingerprint density at radius 3 is 2.78 bits per heavy atom. The van der Waals surface area contributed by atoms with E-state index in [-0.39, 0.29) is 0 Å². The molecule has 0 atom stereocenters. The average molecular weight is 328 g/mol. The molecule has 3 heterocycles. The van der Waals surface area contributed by atoms with E-state index in [0.717, 1.165) is 41.5 Å². The Hall–Kier alpha value is -2.14. The minimum atomic E-state index is 0.686. The third-order valence-electron chi connectivity index (χ3n) is 4.48. The normalized spacial score (nSPS) is 16.2.